The molecule has 1 aliphatic carbocycles. The van der Waals surface area contributed by atoms with E-state index in [-0.39, 0.29) is 11.5 Å². The smallest absolute Gasteiger partial charge is 0.0884 e. The van der Waals surface area contributed by atoms with Gasteiger partial charge in [0, 0.05) is 23.0 Å². The number of halogens is 1. The maximum absolute atomic E-state index is 6.02. The predicted molar refractivity (Wildman–Crippen MR) is 101 cm³/mol. The Hall–Kier alpha value is -1.16. The minimum atomic E-state index is 0.234. The van der Waals surface area contributed by atoms with Crippen LogP contribution in [0.15, 0.2) is 53.0 Å². The summed E-state index contributed by atoms with van der Waals surface area (Å²) in [7, 11) is 1.87. The van der Waals surface area contributed by atoms with Gasteiger partial charge in [-0.2, -0.15) is 0 Å². The van der Waals surface area contributed by atoms with E-state index < -0.39 is 0 Å². The van der Waals surface area contributed by atoms with Gasteiger partial charge in [0.05, 0.1) is 6.10 Å². The number of piperidine rings is 1. The summed E-state index contributed by atoms with van der Waals surface area (Å²) < 4.78 is 7.23. The van der Waals surface area contributed by atoms with Crippen LogP contribution < -0.4 is 5.32 Å². The van der Waals surface area contributed by atoms with Crippen LogP contribution in [0, 0.1) is 5.41 Å². The van der Waals surface area contributed by atoms with Crippen molar-refractivity contribution in [2.45, 2.75) is 37.8 Å². The van der Waals surface area contributed by atoms with Gasteiger partial charge in [0.1, 0.15) is 0 Å². The van der Waals surface area contributed by atoms with E-state index in [1.54, 1.807) is 0 Å². The minimum absolute atomic E-state index is 0.234. The van der Waals surface area contributed by atoms with Crippen LogP contribution >= 0.6 is 15.9 Å². The minimum Gasteiger partial charge on any atom is -0.376 e. The molecule has 0 amide bonds. The summed E-state index contributed by atoms with van der Waals surface area (Å²) in [4.78, 5) is 0. The Bertz CT molecular complexity index is 731. The summed E-state index contributed by atoms with van der Waals surface area (Å²) in [6.07, 6.45) is 4.80. The molecule has 0 bridgehead atoms. The highest BCUT2D eigenvalue weighted by Crippen LogP contribution is 2.53. The lowest BCUT2D eigenvalue weighted by Gasteiger charge is -2.42. The molecule has 1 unspecified atom stereocenters. The number of benzene rings is 2. The lowest BCUT2D eigenvalue weighted by molar-refractivity contribution is -0.0290. The van der Waals surface area contributed by atoms with Gasteiger partial charge >= 0.3 is 0 Å². The molecule has 2 nitrogen and oxygen atoms in total. The van der Waals surface area contributed by atoms with Crippen molar-refractivity contribution < 1.29 is 4.74 Å². The van der Waals surface area contributed by atoms with E-state index in [0.717, 1.165) is 19.4 Å². The predicted octanol–water partition coefficient (Wildman–Crippen LogP) is 4.67. The van der Waals surface area contributed by atoms with Crippen molar-refractivity contribution in [2.75, 3.05) is 13.7 Å². The van der Waals surface area contributed by atoms with Crippen molar-refractivity contribution in [3.8, 4) is 0 Å². The number of fused-ring (bicyclic) bond motifs is 1. The SMILES string of the molecule is CO[C@H]1c2ccccc2CC12CCN[C@H](Cc1ccccc1Br)C2. The van der Waals surface area contributed by atoms with Crippen LogP contribution in [0.2, 0.25) is 0 Å². The molecule has 4 rings (SSSR count). The average Bonchev–Trinajstić information content (AvgIpc) is 2.89. The van der Waals surface area contributed by atoms with E-state index in [2.05, 4.69) is 69.8 Å². The largest absolute Gasteiger partial charge is 0.376 e. The number of rotatable bonds is 3. The number of hydrogen-bond acceptors (Lipinski definition) is 2. The van der Waals surface area contributed by atoms with Crippen LogP contribution in [0.1, 0.15) is 35.6 Å². The highest BCUT2D eigenvalue weighted by atomic mass is 79.9. The Morgan fingerprint density at radius 3 is 2.79 bits per heavy atom. The summed E-state index contributed by atoms with van der Waals surface area (Å²) in [5.74, 6) is 0. The van der Waals surface area contributed by atoms with E-state index >= 15 is 0 Å². The van der Waals surface area contributed by atoms with Crippen LogP contribution in [-0.4, -0.2) is 19.7 Å². The molecule has 0 aromatic heterocycles. The number of hydrogen-bond donors (Lipinski definition) is 1. The van der Waals surface area contributed by atoms with Gasteiger partial charge in [-0.05, 0) is 55.0 Å². The third-order valence-electron chi connectivity index (χ3n) is 5.80. The van der Waals surface area contributed by atoms with Crippen LogP contribution in [0.4, 0.5) is 0 Å². The molecule has 3 atom stereocenters. The van der Waals surface area contributed by atoms with Crippen molar-refractivity contribution in [1.29, 1.82) is 0 Å². The Balaban J connectivity index is 1.58. The second-order valence-electron chi connectivity index (χ2n) is 7.25. The van der Waals surface area contributed by atoms with E-state index in [1.165, 1.54) is 34.0 Å². The molecule has 1 heterocycles. The lowest BCUT2D eigenvalue weighted by atomic mass is 9.71. The fourth-order valence-corrected chi connectivity index (χ4v) is 5.24. The zero-order valence-electron chi connectivity index (χ0n) is 14.1. The first-order chi connectivity index (χ1) is 11.7. The second-order valence-corrected chi connectivity index (χ2v) is 8.11. The molecule has 24 heavy (non-hydrogen) atoms. The summed E-state index contributed by atoms with van der Waals surface area (Å²) in [5.41, 5.74) is 4.51. The number of methoxy groups -OCH3 is 1. The van der Waals surface area contributed by atoms with Crippen molar-refractivity contribution in [2.24, 2.45) is 5.41 Å². The van der Waals surface area contributed by atoms with Crippen molar-refractivity contribution >= 4 is 15.9 Å². The third-order valence-corrected chi connectivity index (χ3v) is 6.58. The zero-order chi connectivity index (χ0) is 16.6. The quantitative estimate of drug-likeness (QED) is 0.828. The molecule has 0 radical (unpaired) electrons. The molecule has 0 saturated carbocycles. The lowest BCUT2D eigenvalue weighted by Crippen LogP contribution is -2.47. The van der Waals surface area contributed by atoms with Gasteiger partial charge in [0.15, 0.2) is 0 Å². The Morgan fingerprint density at radius 2 is 1.96 bits per heavy atom. The monoisotopic (exact) mass is 385 g/mol. The van der Waals surface area contributed by atoms with E-state index in [4.69, 9.17) is 4.74 Å². The Morgan fingerprint density at radius 1 is 1.17 bits per heavy atom. The fourth-order valence-electron chi connectivity index (χ4n) is 4.79. The maximum Gasteiger partial charge on any atom is 0.0884 e. The molecule has 1 saturated heterocycles. The number of nitrogens with one attached hydrogen (secondary N) is 1. The second kappa shape index (κ2) is 6.62. The van der Waals surface area contributed by atoms with Crippen molar-refractivity contribution in [3.63, 3.8) is 0 Å². The molecule has 3 heteroatoms. The van der Waals surface area contributed by atoms with Gasteiger partial charge in [-0.25, -0.2) is 0 Å². The molecule has 1 N–H and O–H groups in total. The first kappa shape index (κ1) is 16.3. The van der Waals surface area contributed by atoms with Gasteiger partial charge < -0.3 is 10.1 Å². The molecule has 2 aromatic rings. The van der Waals surface area contributed by atoms with E-state index in [9.17, 15) is 0 Å². The molecular weight excluding hydrogens is 362 g/mol. The zero-order valence-corrected chi connectivity index (χ0v) is 15.7. The van der Waals surface area contributed by atoms with Crippen LogP contribution in [-0.2, 0) is 17.6 Å². The van der Waals surface area contributed by atoms with Gasteiger partial charge in [0.25, 0.3) is 0 Å². The van der Waals surface area contributed by atoms with Crippen molar-refractivity contribution in [3.05, 3.63) is 69.7 Å². The summed E-state index contributed by atoms with van der Waals surface area (Å²) >= 11 is 3.69. The van der Waals surface area contributed by atoms with Crippen LogP contribution in [0.5, 0.6) is 0 Å². The van der Waals surface area contributed by atoms with Crippen molar-refractivity contribution in [1.82, 2.24) is 5.32 Å². The fraction of sp³-hybridized carbons (Fsp3) is 0.429. The molecule has 1 fully saturated rings. The van der Waals surface area contributed by atoms with Gasteiger partial charge in [-0.3, -0.25) is 0 Å². The van der Waals surface area contributed by atoms with E-state index in [0.29, 0.717) is 6.04 Å². The summed E-state index contributed by atoms with van der Waals surface area (Å²) in [5, 5.41) is 3.74. The highest BCUT2D eigenvalue weighted by molar-refractivity contribution is 9.10. The normalized spacial score (nSPS) is 28.9. The average molecular weight is 386 g/mol. The molecular formula is C21H24BrNO. The highest BCUT2D eigenvalue weighted by Gasteiger charge is 2.48. The molecule has 2 aliphatic rings. The topological polar surface area (TPSA) is 21.3 Å². The van der Waals surface area contributed by atoms with Gasteiger partial charge in [-0.15, -0.1) is 0 Å². The first-order valence-corrected chi connectivity index (χ1v) is 9.58. The Labute approximate surface area is 152 Å². The van der Waals surface area contributed by atoms with Crippen LogP contribution in [0.3, 0.4) is 0 Å². The number of ether oxygens (including phenoxy) is 1. The van der Waals surface area contributed by atoms with Crippen LogP contribution in [0.25, 0.3) is 0 Å². The van der Waals surface area contributed by atoms with E-state index in [1.807, 2.05) is 7.11 Å². The standard InChI is InChI=1S/C21H24BrNO/c1-24-20-18-8-4-2-7-16(18)13-21(20)10-11-23-17(14-21)12-15-6-3-5-9-19(15)22/h2-9,17,20,23H,10-14H2,1H3/t17-,20+,21?/m1/s1. The molecule has 1 spiro atoms. The Kier molecular flexibility index (Phi) is 4.50. The van der Waals surface area contributed by atoms with Gasteiger partial charge in [0.2, 0.25) is 0 Å². The first-order valence-electron chi connectivity index (χ1n) is 8.79. The molecule has 1 aliphatic heterocycles. The molecule has 126 valence electrons. The molecule has 2 aromatic carbocycles. The summed E-state index contributed by atoms with van der Waals surface area (Å²) in [6, 6.07) is 17.9. The van der Waals surface area contributed by atoms with Gasteiger partial charge in [-0.1, -0.05) is 58.4 Å². The maximum atomic E-state index is 6.02. The summed E-state index contributed by atoms with van der Waals surface area (Å²) in [6.45, 7) is 1.07. The third kappa shape index (κ3) is 2.83.